The Kier molecular flexibility index (Phi) is 12.2. The average Bonchev–Trinajstić information content (AvgIpc) is 3.26. The van der Waals surface area contributed by atoms with Crippen LogP contribution in [0.3, 0.4) is 0 Å². The van der Waals surface area contributed by atoms with Crippen molar-refractivity contribution in [3.05, 3.63) is 11.1 Å². The minimum Gasteiger partial charge on any atom is -0.481 e. The maximum absolute atomic E-state index is 13.4. The number of carbonyl (C=O) groups is 5. The second-order valence-electron chi connectivity index (χ2n) is 9.28. The minimum atomic E-state index is -1.05. The van der Waals surface area contributed by atoms with Crippen molar-refractivity contribution in [2.75, 3.05) is 18.5 Å². The van der Waals surface area contributed by atoms with Crippen LogP contribution in [0.15, 0.2) is 5.38 Å². The predicted octanol–water partition coefficient (Wildman–Crippen LogP) is 1.67. The van der Waals surface area contributed by atoms with Gasteiger partial charge in [0, 0.05) is 17.8 Å². The summed E-state index contributed by atoms with van der Waals surface area (Å²) in [5.41, 5.74) is 1.93. The maximum Gasteiger partial charge on any atom is 0.407 e. The van der Waals surface area contributed by atoms with Gasteiger partial charge in [-0.1, -0.05) is 13.8 Å². The van der Waals surface area contributed by atoms with Crippen molar-refractivity contribution >= 4 is 46.3 Å². The lowest BCUT2D eigenvalue weighted by molar-refractivity contribution is -0.142. The molecule has 13 nitrogen and oxygen atoms in total. The first kappa shape index (κ1) is 30.0. The standard InChI is InChI=1S/C23H35N5O8S/c1-13(2)10-16-15(20(32)28-35)6-5-9-36-23(34)24-8-4-3-7-17(26-19(16)31)21(33)27-22-25-14(12-37-22)11-18(29)30/h12-13,15-17,35H,3-11H2,1-2H3,(H,24,34)(H,26,31)(H,28,32)(H,29,30)(H,25,27,33)/t15-,16+,17-/m0/s1. The van der Waals surface area contributed by atoms with Crippen LogP contribution in [0.25, 0.3) is 0 Å². The molecule has 2 rings (SSSR count). The highest BCUT2D eigenvalue weighted by Crippen LogP contribution is 2.26. The third kappa shape index (κ3) is 10.3. The minimum absolute atomic E-state index is 0.0316. The Hall–Kier alpha value is -3.26. The maximum atomic E-state index is 13.4. The van der Waals surface area contributed by atoms with Crippen LogP contribution in [-0.2, 0) is 30.3 Å². The fourth-order valence-electron chi connectivity index (χ4n) is 4.08. The van der Waals surface area contributed by atoms with E-state index in [-0.39, 0.29) is 36.9 Å². The van der Waals surface area contributed by atoms with Gasteiger partial charge in [0.25, 0.3) is 0 Å². The smallest absolute Gasteiger partial charge is 0.407 e. The number of amides is 4. The van der Waals surface area contributed by atoms with Crippen molar-refractivity contribution in [2.24, 2.45) is 17.8 Å². The highest BCUT2D eigenvalue weighted by molar-refractivity contribution is 7.13. The van der Waals surface area contributed by atoms with Gasteiger partial charge in [-0.05, 0) is 44.4 Å². The Labute approximate surface area is 218 Å². The van der Waals surface area contributed by atoms with Gasteiger partial charge < -0.3 is 25.8 Å². The number of rotatable bonds is 7. The van der Waals surface area contributed by atoms with Crippen LogP contribution in [0.1, 0.15) is 58.1 Å². The van der Waals surface area contributed by atoms with E-state index in [1.54, 1.807) is 5.48 Å². The van der Waals surface area contributed by atoms with Crippen LogP contribution in [0.2, 0.25) is 0 Å². The molecule has 1 aliphatic heterocycles. The van der Waals surface area contributed by atoms with Gasteiger partial charge in [-0.25, -0.2) is 15.3 Å². The van der Waals surface area contributed by atoms with Crippen LogP contribution in [-0.4, -0.2) is 64.3 Å². The Morgan fingerprint density at radius 2 is 1.95 bits per heavy atom. The molecule has 3 atom stereocenters. The van der Waals surface area contributed by atoms with E-state index in [4.69, 9.17) is 9.84 Å². The molecule has 37 heavy (non-hydrogen) atoms. The molecule has 1 aromatic heterocycles. The number of alkyl carbamates (subject to hydrolysis) is 1. The first-order valence-electron chi connectivity index (χ1n) is 12.2. The molecule has 4 amide bonds. The first-order valence-corrected chi connectivity index (χ1v) is 13.1. The van der Waals surface area contributed by atoms with E-state index in [2.05, 4.69) is 20.9 Å². The number of hydrogen-bond acceptors (Lipinski definition) is 9. The Bertz CT molecular complexity index is 953. The van der Waals surface area contributed by atoms with Gasteiger partial charge in [0.1, 0.15) is 6.04 Å². The molecule has 1 saturated heterocycles. The molecule has 0 spiro atoms. The Morgan fingerprint density at radius 3 is 2.62 bits per heavy atom. The zero-order valence-electron chi connectivity index (χ0n) is 21.0. The van der Waals surface area contributed by atoms with Crippen molar-refractivity contribution in [1.82, 2.24) is 21.1 Å². The van der Waals surface area contributed by atoms with Crippen molar-refractivity contribution < 1.29 is 39.0 Å². The molecule has 1 aliphatic rings. The van der Waals surface area contributed by atoms with Crippen LogP contribution in [0, 0.1) is 17.8 Å². The predicted molar refractivity (Wildman–Crippen MR) is 133 cm³/mol. The van der Waals surface area contributed by atoms with Crippen molar-refractivity contribution in [2.45, 2.75) is 64.8 Å². The third-order valence-corrected chi connectivity index (χ3v) is 6.63. The van der Waals surface area contributed by atoms with Crippen molar-refractivity contribution in [3.63, 3.8) is 0 Å². The van der Waals surface area contributed by atoms with Gasteiger partial charge in [-0.3, -0.25) is 24.4 Å². The van der Waals surface area contributed by atoms with E-state index in [0.717, 1.165) is 11.3 Å². The van der Waals surface area contributed by atoms with E-state index >= 15 is 0 Å². The van der Waals surface area contributed by atoms with E-state index in [9.17, 15) is 29.2 Å². The fraction of sp³-hybridized carbons (Fsp3) is 0.652. The Morgan fingerprint density at radius 1 is 1.19 bits per heavy atom. The van der Waals surface area contributed by atoms with Crippen LogP contribution < -0.4 is 21.4 Å². The molecule has 1 aromatic rings. The number of nitrogens with one attached hydrogen (secondary N) is 4. The number of nitrogens with zero attached hydrogens (tertiary/aromatic N) is 1. The van der Waals surface area contributed by atoms with E-state index in [0.29, 0.717) is 37.9 Å². The lowest BCUT2D eigenvalue weighted by atomic mass is 9.81. The summed E-state index contributed by atoms with van der Waals surface area (Å²) in [7, 11) is 0. The number of cyclic esters (lactones) is 1. The van der Waals surface area contributed by atoms with Gasteiger partial charge in [0.2, 0.25) is 17.7 Å². The number of aliphatic carboxylic acids is 1. The summed E-state index contributed by atoms with van der Waals surface area (Å²) >= 11 is 1.07. The molecule has 1 fully saturated rings. The summed E-state index contributed by atoms with van der Waals surface area (Å²) in [6.07, 6.45) is 1.16. The van der Waals surface area contributed by atoms with E-state index < -0.39 is 47.7 Å². The number of ether oxygens (including phenoxy) is 1. The second kappa shape index (κ2) is 15.1. The summed E-state index contributed by atoms with van der Waals surface area (Å²) in [5, 5.41) is 28.0. The lowest BCUT2D eigenvalue weighted by Gasteiger charge is -2.28. The number of carbonyl (C=O) groups excluding carboxylic acids is 4. The number of aromatic nitrogens is 1. The number of thiazole rings is 1. The molecule has 0 aromatic carbocycles. The molecule has 0 bridgehead atoms. The number of carboxylic acid groups (broad SMARTS) is 1. The summed E-state index contributed by atoms with van der Waals surface area (Å²) in [4.78, 5) is 65.9. The fourth-order valence-corrected chi connectivity index (χ4v) is 4.80. The van der Waals surface area contributed by atoms with Crippen molar-refractivity contribution in [3.8, 4) is 0 Å². The molecule has 2 heterocycles. The molecule has 14 heteroatoms. The van der Waals surface area contributed by atoms with E-state index in [1.807, 2.05) is 13.8 Å². The van der Waals surface area contributed by atoms with Gasteiger partial charge in [0.15, 0.2) is 5.13 Å². The molecular weight excluding hydrogens is 506 g/mol. The van der Waals surface area contributed by atoms with Crippen molar-refractivity contribution in [1.29, 1.82) is 0 Å². The topological polar surface area (TPSA) is 196 Å². The lowest BCUT2D eigenvalue weighted by Crippen LogP contribution is -2.49. The molecular formula is C23H35N5O8S. The monoisotopic (exact) mass is 541 g/mol. The largest absolute Gasteiger partial charge is 0.481 e. The molecule has 206 valence electrons. The molecule has 0 radical (unpaired) electrons. The van der Waals surface area contributed by atoms with Gasteiger partial charge in [0.05, 0.1) is 24.6 Å². The zero-order chi connectivity index (χ0) is 27.4. The highest BCUT2D eigenvalue weighted by atomic mass is 32.1. The second-order valence-corrected chi connectivity index (χ2v) is 10.1. The number of carboxylic acids is 1. The molecule has 0 saturated carbocycles. The number of hydrogen-bond donors (Lipinski definition) is 6. The van der Waals surface area contributed by atoms with Gasteiger partial charge >= 0.3 is 12.1 Å². The molecule has 0 aliphatic carbocycles. The van der Waals surface area contributed by atoms with Crippen LogP contribution in [0.4, 0.5) is 9.93 Å². The van der Waals surface area contributed by atoms with Gasteiger partial charge in [-0.15, -0.1) is 11.3 Å². The first-order chi connectivity index (χ1) is 17.6. The van der Waals surface area contributed by atoms with Crippen LogP contribution in [0.5, 0.6) is 0 Å². The summed E-state index contributed by atoms with van der Waals surface area (Å²) in [5.74, 6) is -4.54. The molecule has 0 unspecified atom stereocenters. The molecule has 6 N–H and O–H groups in total. The zero-order valence-corrected chi connectivity index (χ0v) is 21.8. The average molecular weight is 542 g/mol. The Balaban J connectivity index is 2.27. The number of anilines is 1. The quantitative estimate of drug-likeness (QED) is 0.220. The third-order valence-electron chi connectivity index (χ3n) is 5.82. The summed E-state index contributed by atoms with van der Waals surface area (Å²) in [6.45, 7) is 4.15. The SMILES string of the molecule is CC(C)C[C@H]1C(=O)N[C@H](C(=O)Nc2nc(CC(=O)O)cs2)CCCCNC(=O)OCCC[C@@H]1C(=O)NO. The van der Waals surface area contributed by atoms with Gasteiger partial charge in [-0.2, -0.15) is 0 Å². The highest BCUT2D eigenvalue weighted by Gasteiger charge is 2.36. The number of hydroxylamine groups is 1. The summed E-state index contributed by atoms with van der Waals surface area (Å²) in [6, 6.07) is -0.969. The normalized spacial score (nSPS) is 22.0. The van der Waals surface area contributed by atoms with Crippen LogP contribution >= 0.6 is 11.3 Å². The van der Waals surface area contributed by atoms with E-state index in [1.165, 1.54) is 5.38 Å². The summed E-state index contributed by atoms with van der Waals surface area (Å²) < 4.78 is 5.12.